The van der Waals surface area contributed by atoms with E-state index < -0.39 is 22.5 Å². The average molecular weight is 664 g/mol. The molecule has 0 spiro atoms. The Kier molecular flexibility index (Phi) is 9.53. The van der Waals surface area contributed by atoms with Gasteiger partial charge in [-0.15, -0.1) is 0 Å². The van der Waals surface area contributed by atoms with Crippen molar-refractivity contribution in [1.82, 2.24) is 14.5 Å². The number of nitrogens with one attached hydrogen (secondary N) is 1. The van der Waals surface area contributed by atoms with Crippen molar-refractivity contribution in [2.75, 3.05) is 20.3 Å². The van der Waals surface area contributed by atoms with Crippen molar-refractivity contribution in [1.29, 1.82) is 0 Å². The van der Waals surface area contributed by atoms with Gasteiger partial charge in [-0.05, 0) is 74.9 Å². The SMILES string of the molecule is CCOC(=O)C1=C(C)N=c2s/c(=C/c3ccc(Sc4nc(C)cc(=O)[nH]4)c([N+](=O)[O-])c3)c(=O)n2[C@@H]1c1ccc(OC)c(OCC)c1. The Bertz CT molecular complexity index is 2130. The predicted molar refractivity (Wildman–Crippen MR) is 171 cm³/mol. The number of nitrogens with zero attached hydrogens (tertiary/aromatic N) is 4. The van der Waals surface area contributed by atoms with Crippen molar-refractivity contribution in [3.05, 3.63) is 111 Å². The second-order valence-electron chi connectivity index (χ2n) is 9.92. The Labute approximate surface area is 270 Å². The number of hydrogen-bond acceptors (Lipinski definition) is 12. The zero-order valence-electron chi connectivity index (χ0n) is 25.5. The number of carbonyl (C=O) groups excluding carboxylic acids is 1. The molecule has 0 radical (unpaired) electrons. The van der Waals surface area contributed by atoms with Crippen LogP contribution in [0.4, 0.5) is 5.69 Å². The number of rotatable bonds is 10. The smallest absolute Gasteiger partial charge is 0.338 e. The van der Waals surface area contributed by atoms with Crippen LogP contribution in [0.1, 0.15) is 43.6 Å². The molecule has 2 aromatic heterocycles. The van der Waals surface area contributed by atoms with Crippen LogP contribution in [0.3, 0.4) is 0 Å². The van der Waals surface area contributed by atoms with Crippen LogP contribution in [0.5, 0.6) is 11.5 Å². The monoisotopic (exact) mass is 663 g/mol. The molecule has 0 bridgehead atoms. The lowest BCUT2D eigenvalue weighted by atomic mass is 9.95. The lowest BCUT2D eigenvalue weighted by Crippen LogP contribution is -2.40. The van der Waals surface area contributed by atoms with Crippen molar-refractivity contribution < 1.29 is 23.9 Å². The van der Waals surface area contributed by atoms with Crippen molar-refractivity contribution >= 4 is 40.8 Å². The maximum absolute atomic E-state index is 14.0. The molecular weight excluding hydrogens is 635 g/mol. The van der Waals surface area contributed by atoms with Crippen LogP contribution in [0.15, 0.2) is 78.4 Å². The number of carbonyl (C=O) groups is 1. The van der Waals surface area contributed by atoms with Crippen LogP contribution >= 0.6 is 23.1 Å². The summed E-state index contributed by atoms with van der Waals surface area (Å²) in [6.45, 7) is 7.35. The number of aromatic nitrogens is 3. The van der Waals surface area contributed by atoms with Gasteiger partial charge in [-0.2, -0.15) is 0 Å². The number of aryl methyl sites for hydroxylation is 1. The molecule has 238 valence electrons. The maximum atomic E-state index is 14.0. The van der Waals surface area contributed by atoms with Gasteiger partial charge in [-0.3, -0.25) is 24.3 Å². The van der Waals surface area contributed by atoms with E-state index in [9.17, 15) is 24.5 Å². The molecule has 3 heterocycles. The summed E-state index contributed by atoms with van der Waals surface area (Å²) in [4.78, 5) is 62.6. The van der Waals surface area contributed by atoms with Crippen molar-refractivity contribution in [3.8, 4) is 11.5 Å². The van der Waals surface area contributed by atoms with Crippen LogP contribution in [-0.2, 0) is 9.53 Å². The molecule has 1 aliphatic rings. The topological polar surface area (TPSA) is 168 Å². The highest BCUT2D eigenvalue weighted by atomic mass is 32.2. The van der Waals surface area contributed by atoms with Gasteiger partial charge in [0, 0.05) is 17.8 Å². The number of methoxy groups -OCH3 is 1. The first-order chi connectivity index (χ1) is 22.0. The zero-order chi connectivity index (χ0) is 33.1. The van der Waals surface area contributed by atoms with E-state index in [-0.39, 0.29) is 38.0 Å². The fourth-order valence-corrected chi connectivity index (χ4v) is 6.92. The molecule has 0 saturated carbocycles. The Balaban J connectivity index is 1.64. The van der Waals surface area contributed by atoms with Gasteiger partial charge in [0.25, 0.3) is 16.8 Å². The molecule has 1 atom stereocenters. The van der Waals surface area contributed by atoms with Gasteiger partial charge in [-0.1, -0.05) is 23.5 Å². The van der Waals surface area contributed by atoms with Crippen LogP contribution in [0.25, 0.3) is 6.08 Å². The Morgan fingerprint density at radius 1 is 1.13 bits per heavy atom. The molecule has 46 heavy (non-hydrogen) atoms. The third kappa shape index (κ3) is 6.50. The summed E-state index contributed by atoms with van der Waals surface area (Å²) < 4.78 is 18.2. The number of allylic oxidation sites excluding steroid dienone is 1. The van der Waals surface area contributed by atoms with Gasteiger partial charge >= 0.3 is 5.97 Å². The number of thiazole rings is 1. The van der Waals surface area contributed by atoms with Crippen LogP contribution in [0.2, 0.25) is 0 Å². The number of nitro groups is 1. The zero-order valence-corrected chi connectivity index (χ0v) is 27.1. The summed E-state index contributed by atoms with van der Waals surface area (Å²) in [5.74, 6) is 0.326. The molecule has 4 aromatic rings. The van der Waals surface area contributed by atoms with Crippen LogP contribution < -0.4 is 29.9 Å². The molecule has 1 N–H and O–H groups in total. The summed E-state index contributed by atoms with van der Waals surface area (Å²) >= 11 is 2.05. The molecule has 5 rings (SSSR count). The van der Waals surface area contributed by atoms with Crippen LogP contribution in [-0.4, -0.2) is 45.8 Å². The Morgan fingerprint density at radius 3 is 2.59 bits per heavy atom. The number of fused-ring (bicyclic) bond motifs is 1. The van der Waals surface area contributed by atoms with Gasteiger partial charge in [0.2, 0.25) is 0 Å². The first-order valence-electron chi connectivity index (χ1n) is 14.1. The summed E-state index contributed by atoms with van der Waals surface area (Å²) in [5, 5.41) is 12.2. The molecule has 2 aromatic carbocycles. The third-order valence-electron chi connectivity index (χ3n) is 6.85. The molecule has 0 fully saturated rings. The lowest BCUT2D eigenvalue weighted by molar-refractivity contribution is -0.387. The van der Waals surface area contributed by atoms with Gasteiger partial charge in [0.1, 0.15) is 0 Å². The van der Waals surface area contributed by atoms with E-state index in [1.165, 1.54) is 36.0 Å². The van der Waals surface area contributed by atoms with Crippen molar-refractivity contribution in [2.24, 2.45) is 4.99 Å². The first kappa shape index (κ1) is 32.4. The second kappa shape index (κ2) is 13.5. The van der Waals surface area contributed by atoms with E-state index in [0.29, 0.717) is 45.4 Å². The van der Waals surface area contributed by atoms with E-state index in [1.54, 1.807) is 45.0 Å². The standard InChI is InChI=1S/C31H29N5O8S2/c1-6-43-22-15-19(9-10-21(22)42-5)27-26(29(39)44-7-2)17(4)33-31-35(27)28(38)24(46-31)14-18-8-11-23(20(13-18)36(40)41)45-30-32-16(3)12-25(37)34-30/h8-15,27H,6-7H2,1-5H3,(H,32,34,37)/b24-14+/t27-/m1/s1. The molecular formula is C31H29N5O8S2. The molecule has 0 saturated heterocycles. The summed E-state index contributed by atoms with van der Waals surface area (Å²) in [5.41, 5.74) is 1.01. The summed E-state index contributed by atoms with van der Waals surface area (Å²) in [6.07, 6.45) is 1.54. The van der Waals surface area contributed by atoms with Crippen molar-refractivity contribution in [3.63, 3.8) is 0 Å². The number of hydrogen-bond donors (Lipinski definition) is 1. The lowest BCUT2D eigenvalue weighted by Gasteiger charge is -2.25. The number of ether oxygens (including phenoxy) is 3. The first-order valence-corrected chi connectivity index (χ1v) is 15.7. The largest absolute Gasteiger partial charge is 0.493 e. The minimum Gasteiger partial charge on any atom is -0.493 e. The number of esters is 1. The normalized spacial score (nSPS) is 14.5. The molecule has 0 unspecified atom stereocenters. The van der Waals surface area contributed by atoms with Gasteiger partial charge in [0.05, 0.1) is 52.0 Å². The third-order valence-corrected chi connectivity index (χ3v) is 8.79. The van der Waals surface area contributed by atoms with E-state index in [4.69, 9.17) is 14.2 Å². The number of nitro benzene ring substituents is 1. The molecule has 0 aliphatic carbocycles. The fraction of sp³-hybridized carbons (Fsp3) is 0.258. The minimum absolute atomic E-state index is 0.128. The highest BCUT2D eigenvalue weighted by Gasteiger charge is 2.34. The molecule has 1 aliphatic heterocycles. The Hall–Kier alpha value is -5.02. The summed E-state index contributed by atoms with van der Waals surface area (Å²) in [6, 6.07) is 10.1. The van der Waals surface area contributed by atoms with Gasteiger partial charge in [0.15, 0.2) is 21.5 Å². The fourth-order valence-electron chi connectivity index (χ4n) is 4.95. The number of benzene rings is 2. The van der Waals surface area contributed by atoms with E-state index in [2.05, 4.69) is 15.0 Å². The van der Waals surface area contributed by atoms with Gasteiger partial charge < -0.3 is 19.2 Å². The molecule has 15 heteroatoms. The van der Waals surface area contributed by atoms with E-state index in [1.807, 2.05) is 6.92 Å². The minimum atomic E-state index is -0.889. The predicted octanol–water partition coefficient (Wildman–Crippen LogP) is 3.66. The average Bonchev–Trinajstić information content (AvgIpc) is 3.30. The van der Waals surface area contributed by atoms with E-state index in [0.717, 1.165) is 23.1 Å². The molecule has 0 amide bonds. The van der Waals surface area contributed by atoms with E-state index >= 15 is 0 Å². The Morgan fingerprint density at radius 2 is 1.91 bits per heavy atom. The van der Waals surface area contributed by atoms with Crippen LogP contribution in [0, 0.1) is 17.0 Å². The second-order valence-corrected chi connectivity index (χ2v) is 12.0. The highest BCUT2D eigenvalue weighted by Crippen LogP contribution is 2.37. The van der Waals surface area contributed by atoms with Gasteiger partial charge in [-0.25, -0.2) is 14.8 Å². The number of H-pyrrole nitrogens is 1. The number of aromatic amines is 1. The van der Waals surface area contributed by atoms with Crippen molar-refractivity contribution in [2.45, 2.75) is 43.8 Å². The molecule has 13 nitrogen and oxygen atoms in total. The highest BCUT2D eigenvalue weighted by molar-refractivity contribution is 7.99. The quantitative estimate of drug-likeness (QED) is 0.114. The maximum Gasteiger partial charge on any atom is 0.338 e. The summed E-state index contributed by atoms with van der Waals surface area (Å²) in [7, 11) is 1.52.